The van der Waals surface area contributed by atoms with Gasteiger partial charge in [-0.05, 0) is 12.5 Å². The van der Waals surface area contributed by atoms with Gasteiger partial charge in [0.15, 0.2) is 0 Å². The minimum Gasteiger partial charge on any atom is -0.349 e. The van der Waals surface area contributed by atoms with E-state index in [1.54, 1.807) is 6.20 Å². The molecule has 2 N–H and O–H groups in total. The third-order valence-electron chi connectivity index (χ3n) is 4.96. The van der Waals surface area contributed by atoms with Crippen molar-refractivity contribution in [3.63, 3.8) is 0 Å². The molecule has 1 aromatic carbocycles. The van der Waals surface area contributed by atoms with Gasteiger partial charge in [-0.1, -0.05) is 29.8 Å². The number of amides is 2. The van der Waals surface area contributed by atoms with Gasteiger partial charge in [0.25, 0.3) is 0 Å². The molecular formula is C20H27N5O2. The van der Waals surface area contributed by atoms with Crippen molar-refractivity contribution in [2.45, 2.75) is 32.4 Å². The summed E-state index contributed by atoms with van der Waals surface area (Å²) in [6.45, 7) is 5.54. The first kappa shape index (κ1) is 19.1. The Labute approximate surface area is 159 Å². The SMILES string of the molecule is CC(=O)NC(CC(=O)N1CCNCC1c1nccn1C)c1ccc(C)cc1. The van der Waals surface area contributed by atoms with E-state index in [1.807, 2.05) is 53.9 Å². The second kappa shape index (κ2) is 8.35. The van der Waals surface area contributed by atoms with Crippen molar-refractivity contribution in [1.82, 2.24) is 25.1 Å². The van der Waals surface area contributed by atoms with Crippen LogP contribution in [0.4, 0.5) is 0 Å². The highest BCUT2D eigenvalue weighted by Gasteiger charge is 2.31. The monoisotopic (exact) mass is 369 g/mol. The molecule has 7 heteroatoms. The van der Waals surface area contributed by atoms with Crippen molar-refractivity contribution < 1.29 is 9.59 Å². The van der Waals surface area contributed by atoms with Crippen molar-refractivity contribution in [2.75, 3.05) is 19.6 Å². The van der Waals surface area contributed by atoms with Crippen molar-refractivity contribution in [2.24, 2.45) is 7.05 Å². The van der Waals surface area contributed by atoms with Crippen LogP contribution in [0.5, 0.6) is 0 Å². The molecule has 2 amide bonds. The lowest BCUT2D eigenvalue weighted by molar-refractivity contribution is -0.135. The number of hydrogen-bond acceptors (Lipinski definition) is 4. The van der Waals surface area contributed by atoms with E-state index in [9.17, 15) is 9.59 Å². The zero-order valence-corrected chi connectivity index (χ0v) is 16.1. The van der Waals surface area contributed by atoms with Gasteiger partial charge in [0, 0.05) is 46.0 Å². The summed E-state index contributed by atoms with van der Waals surface area (Å²) >= 11 is 0. The average Bonchev–Trinajstić information content (AvgIpc) is 3.07. The molecule has 0 aliphatic carbocycles. The van der Waals surface area contributed by atoms with Gasteiger partial charge in [0.1, 0.15) is 11.9 Å². The summed E-state index contributed by atoms with van der Waals surface area (Å²) in [5.74, 6) is 0.736. The molecule has 7 nitrogen and oxygen atoms in total. The van der Waals surface area contributed by atoms with Crippen LogP contribution in [0, 0.1) is 6.92 Å². The predicted molar refractivity (Wildman–Crippen MR) is 103 cm³/mol. The Hall–Kier alpha value is -2.67. The molecule has 0 spiro atoms. The Kier molecular flexibility index (Phi) is 5.91. The first-order valence-corrected chi connectivity index (χ1v) is 9.26. The Bertz CT molecular complexity index is 799. The summed E-state index contributed by atoms with van der Waals surface area (Å²) in [7, 11) is 1.94. The molecule has 27 heavy (non-hydrogen) atoms. The van der Waals surface area contributed by atoms with Crippen LogP contribution in [-0.2, 0) is 16.6 Å². The van der Waals surface area contributed by atoms with Crippen LogP contribution < -0.4 is 10.6 Å². The highest BCUT2D eigenvalue weighted by atomic mass is 16.2. The van der Waals surface area contributed by atoms with E-state index >= 15 is 0 Å². The summed E-state index contributed by atoms with van der Waals surface area (Å²) in [5, 5.41) is 6.27. The molecule has 2 unspecified atom stereocenters. The van der Waals surface area contributed by atoms with E-state index in [2.05, 4.69) is 15.6 Å². The number of imidazole rings is 1. The second-order valence-corrected chi connectivity index (χ2v) is 7.07. The van der Waals surface area contributed by atoms with Gasteiger partial charge in [-0.2, -0.15) is 0 Å². The lowest BCUT2D eigenvalue weighted by Crippen LogP contribution is -2.50. The molecule has 144 valence electrons. The number of aromatic nitrogens is 2. The van der Waals surface area contributed by atoms with E-state index in [0.29, 0.717) is 13.1 Å². The highest BCUT2D eigenvalue weighted by Crippen LogP contribution is 2.25. The van der Waals surface area contributed by atoms with Gasteiger partial charge in [-0.3, -0.25) is 9.59 Å². The second-order valence-electron chi connectivity index (χ2n) is 7.07. The Morgan fingerprint density at radius 2 is 2.07 bits per heavy atom. The number of hydrogen-bond donors (Lipinski definition) is 2. The number of rotatable bonds is 5. The molecule has 1 aliphatic rings. The number of aryl methyl sites for hydroxylation is 2. The molecule has 2 heterocycles. The summed E-state index contributed by atoms with van der Waals surface area (Å²) in [6.07, 6.45) is 3.86. The number of benzene rings is 1. The maximum absolute atomic E-state index is 13.2. The normalized spacial score (nSPS) is 18.2. The standard InChI is InChI=1S/C20H27N5O2/c1-14-4-6-16(7-5-14)17(23-15(2)26)12-19(27)25-11-8-21-13-18(25)20-22-9-10-24(20)3/h4-7,9-10,17-18,21H,8,11-13H2,1-3H3,(H,23,26). The Morgan fingerprint density at radius 3 is 2.70 bits per heavy atom. The zero-order chi connectivity index (χ0) is 19.4. The number of nitrogens with one attached hydrogen (secondary N) is 2. The lowest BCUT2D eigenvalue weighted by Gasteiger charge is -2.36. The number of carbonyl (C=O) groups is 2. The average molecular weight is 369 g/mol. The Morgan fingerprint density at radius 1 is 1.33 bits per heavy atom. The van der Waals surface area contributed by atoms with Gasteiger partial charge < -0.3 is 20.1 Å². The number of piperazine rings is 1. The summed E-state index contributed by atoms with van der Waals surface area (Å²) in [5.41, 5.74) is 2.08. The molecule has 2 aromatic rings. The van der Waals surface area contributed by atoms with E-state index < -0.39 is 0 Å². The first-order valence-electron chi connectivity index (χ1n) is 9.26. The lowest BCUT2D eigenvalue weighted by atomic mass is 10.0. The van der Waals surface area contributed by atoms with Crippen molar-refractivity contribution in [3.8, 4) is 0 Å². The molecular weight excluding hydrogens is 342 g/mol. The quantitative estimate of drug-likeness (QED) is 0.837. The fourth-order valence-corrected chi connectivity index (χ4v) is 3.52. The van der Waals surface area contributed by atoms with Gasteiger partial charge in [-0.15, -0.1) is 0 Å². The van der Waals surface area contributed by atoms with E-state index in [1.165, 1.54) is 6.92 Å². The molecule has 1 fully saturated rings. The molecule has 1 saturated heterocycles. The minimum atomic E-state index is -0.340. The smallest absolute Gasteiger partial charge is 0.225 e. The molecule has 1 aromatic heterocycles. The van der Waals surface area contributed by atoms with Gasteiger partial charge >= 0.3 is 0 Å². The molecule has 2 atom stereocenters. The summed E-state index contributed by atoms with van der Waals surface area (Å²) in [4.78, 5) is 31.1. The summed E-state index contributed by atoms with van der Waals surface area (Å²) in [6, 6.07) is 7.48. The number of carbonyl (C=O) groups excluding carboxylic acids is 2. The molecule has 3 rings (SSSR count). The van der Waals surface area contributed by atoms with Crippen LogP contribution in [0.3, 0.4) is 0 Å². The van der Waals surface area contributed by atoms with Crippen LogP contribution in [0.1, 0.15) is 42.4 Å². The largest absolute Gasteiger partial charge is 0.349 e. The van der Waals surface area contributed by atoms with E-state index in [0.717, 1.165) is 23.5 Å². The maximum atomic E-state index is 13.2. The topological polar surface area (TPSA) is 79.3 Å². The third kappa shape index (κ3) is 4.54. The van der Waals surface area contributed by atoms with Crippen molar-refractivity contribution >= 4 is 11.8 Å². The van der Waals surface area contributed by atoms with Gasteiger partial charge in [-0.25, -0.2) is 4.98 Å². The maximum Gasteiger partial charge on any atom is 0.225 e. The van der Waals surface area contributed by atoms with Crippen molar-refractivity contribution in [1.29, 1.82) is 0 Å². The molecule has 0 bridgehead atoms. The summed E-state index contributed by atoms with van der Waals surface area (Å²) < 4.78 is 1.95. The van der Waals surface area contributed by atoms with E-state index in [-0.39, 0.29) is 30.3 Å². The van der Waals surface area contributed by atoms with Gasteiger partial charge in [0.05, 0.1) is 12.5 Å². The number of nitrogens with zero attached hydrogens (tertiary/aromatic N) is 3. The molecule has 1 aliphatic heterocycles. The Balaban J connectivity index is 1.80. The minimum absolute atomic E-state index is 0.0174. The van der Waals surface area contributed by atoms with Crippen molar-refractivity contribution in [3.05, 3.63) is 53.6 Å². The zero-order valence-electron chi connectivity index (χ0n) is 16.1. The van der Waals surface area contributed by atoms with Crippen LogP contribution >= 0.6 is 0 Å². The fourth-order valence-electron chi connectivity index (χ4n) is 3.52. The molecule has 0 saturated carbocycles. The van der Waals surface area contributed by atoms with E-state index in [4.69, 9.17) is 0 Å². The third-order valence-corrected chi connectivity index (χ3v) is 4.96. The van der Waals surface area contributed by atoms with Crippen LogP contribution in [0.15, 0.2) is 36.7 Å². The van der Waals surface area contributed by atoms with Gasteiger partial charge in [0.2, 0.25) is 11.8 Å². The first-order chi connectivity index (χ1) is 13.0. The highest BCUT2D eigenvalue weighted by molar-refractivity contribution is 5.79. The predicted octanol–water partition coefficient (Wildman–Crippen LogP) is 1.47. The molecule has 0 radical (unpaired) electrons. The van der Waals surface area contributed by atoms with Crippen LogP contribution in [-0.4, -0.2) is 45.9 Å². The van der Waals surface area contributed by atoms with Crippen LogP contribution in [0.25, 0.3) is 0 Å². The van der Waals surface area contributed by atoms with Crippen LogP contribution in [0.2, 0.25) is 0 Å². The fraction of sp³-hybridized carbons (Fsp3) is 0.450.